The van der Waals surface area contributed by atoms with E-state index in [1.165, 1.54) is 4.68 Å². The van der Waals surface area contributed by atoms with Crippen LogP contribution in [0.2, 0.25) is 0 Å². The van der Waals surface area contributed by atoms with Crippen LogP contribution in [0.5, 0.6) is 5.75 Å². The maximum absolute atomic E-state index is 13.4. The molecule has 0 atom stereocenters. The summed E-state index contributed by atoms with van der Waals surface area (Å²) in [4.78, 5) is 17.6. The number of morpholine rings is 1. The third-order valence-corrected chi connectivity index (χ3v) is 5.59. The predicted octanol–water partition coefficient (Wildman–Crippen LogP) is 3.20. The monoisotopic (exact) mass is 420 g/mol. The van der Waals surface area contributed by atoms with Gasteiger partial charge in [0.2, 0.25) is 0 Å². The average Bonchev–Trinajstić information content (AvgIpc) is 2.84. The maximum Gasteiger partial charge on any atom is 0.295 e. The molecule has 2 aromatic carbocycles. The lowest BCUT2D eigenvalue weighted by molar-refractivity contribution is 0.122. The molecule has 7 heteroatoms. The van der Waals surface area contributed by atoms with Crippen LogP contribution in [-0.2, 0) is 4.74 Å². The highest BCUT2D eigenvalue weighted by molar-refractivity contribution is 5.66. The van der Waals surface area contributed by atoms with E-state index >= 15 is 0 Å². The Labute approximate surface area is 182 Å². The molecule has 162 valence electrons. The van der Waals surface area contributed by atoms with E-state index < -0.39 is 0 Å². The molecule has 0 aliphatic carbocycles. The van der Waals surface area contributed by atoms with Gasteiger partial charge in [-0.15, -0.1) is 0 Å². The highest BCUT2D eigenvalue weighted by Gasteiger charge is 2.16. The van der Waals surface area contributed by atoms with Crippen LogP contribution in [0.25, 0.3) is 16.9 Å². The Morgan fingerprint density at radius 3 is 2.55 bits per heavy atom. The molecule has 1 fully saturated rings. The molecule has 0 radical (unpaired) electrons. The quantitative estimate of drug-likeness (QED) is 0.610. The largest absolute Gasteiger partial charge is 0.497 e. The van der Waals surface area contributed by atoms with Gasteiger partial charge in [0.1, 0.15) is 11.4 Å². The molecule has 31 heavy (non-hydrogen) atoms. The second kappa shape index (κ2) is 9.22. The van der Waals surface area contributed by atoms with Crippen molar-refractivity contribution < 1.29 is 9.47 Å². The first-order valence-corrected chi connectivity index (χ1v) is 10.5. The van der Waals surface area contributed by atoms with Gasteiger partial charge in [0.25, 0.3) is 5.56 Å². The minimum Gasteiger partial charge on any atom is -0.497 e. The highest BCUT2D eigenvalue weighted by atomic mass is 16.5. The highest BCUT2D eigenvalue weighted by Crippen LogP contribution is 2.25. The predicted molar refractivity (Wildman–Crippen MR) is 124 cm³/mol. The van der Waals surface area contributed by atoms with E-state index in [0.717, 1.165) is 35.8 Å². The first-order valence-electron chi connectivity index (χ1n) is 10.5. The van der Waals surface area contributed by atoms with Gasteiger partial charge in [-0.05, 0) is 43.3 Å². The molecule has 0 spiro atoms. The topological polar surface area (TPSA) is 59.8 Å². The lowest BCUT2D eigenvalue weighted by atomic mass is 10.1. The zero-order chi connectivity index (χ0) is 21.8. The molecular formula is C24H28N4O3. The van der Waals surface area contributed by atoms with Crippen LogP contribution in [0, 0.1) is 0 Å². The van der Waals surface area contributed by atoms with Crippen molar-refractivity contribution in [3.8, 4) is 22.7 Å². The zero-order valence-electron chi connectivity index (χ0n) is 18.2. The minimum atomic E-state index is -0.143. The summed E-state index contributed by atoms with van der Waals surface area (Å²) in [5.74, 6) is 0.747. The number of nitrogens with zero attached hydrogens (tertiary/aromatic N) is 4. The average molecular weight is 421 g/mol. The van der Waals surface area contributed by atoms with Crippen molar-refractivity contribution in [1.82, 2.24) is 9.78 Å². The van der Waals surface area contributed by atoms with Crippen LogP contribution in [-0.4, -0.2) is 56.8 Å². The summed E-state index contributed by atoms with van der Waals surface area (Å²) in [5.41, 5.74) is 3.87. The maximum atomic E-state index is 13.4. The summed E-state index contributed by atoms with van der Waals surface area (Å²) >= 11 is 0. The molecule has 0 saturated carbocycles. The Morgan fingerprint density at radius 2 is 1.81 bits per heavy atom. The van der Waals surface area contributed by atoms with Crippen molar-refractivity contribution in [1.29, 1.82) is 0 Å². The Morgan fingerprint density at radius 1 is 1.06 bits per heavy atom. The summed E-state index contributed by atoms with van der Waals surface area (Å²) < 4.78 is 12.3. The van der Waals surface area contributed by atoms with Crippen molar-refractivity contribution >= 4 is 11.4 Å². The number of aromatic nitrogens is 2. The number of hydrogen-bond acceptors (Lipinski definition) is 6. The van der Waals surface area contributed by atoms with Crippen LogP contribution < -0.4 is 20.1 Å². The first kappa shape index (κ1) is 20.9. The number of anilines is 2. The van der Waals surface area contributed by atoms with Crippen LogP contribution in [0.4, 0.5) is 11.4 Å². The fourth-order valence-corrected chi connectivity index (χ4v) is 3.67. The Balaban J connectivity index is 1.84. The molecule has 1 aliphatic heterocycles. The second-order valence-corrected chi connectivity index (χ2v) is 7.50. The lowest BCUT2D eigenvalue weighted by Crippen LogP contribution is -2.36. The van der Waals surface area contributed by atoms with Crippen LogP contribution >= 0.6 is 0 Å². The van der Waals surface area contributed by atoms with Crippen molar-refractivity contribution in [2.45, 2.75) is 6.92 Å². The second-order valence-electron chi connectivity index (χ2n) is 7.50. The van der Waals surface area contributed by atoms with Crippen molar-refractivity contribution in [3.63, 3.8) is 0 Å². The molecule has 0 unspecified atom stereocenters. The van der Waals surface area contributed by atoms with E-state index in [0.29, 0.717) is 31.1 Å². The Bertz CT molecular complexity index is 1110. The Hall–Kier alpha value is -3.32. The summed E-state index contributed by atoms with van der Waals surface area (Å²) in [6, 6.07) is 17.5. The van der Waals surface area contributed by atoms with Gasteiger partial charge in [-0.1, -0.05) is 18.2 Å². The van der Waals surface area contributed by atoms with Gasteiger partial charge in [-0.3, -0.25) is 4.79 Å². The SMILES string of the molecule is CCN(C)c1cc(-c2cccc(OC)c2)nn(-c2cccc(N3CCOCC3)c2)c1=O. The van der Waals surface area contributed by atoms with Gasteiger partial charge in [0.15, 0.2) is 0 Å². The Kier molecular flexibility index (Phi) is 6.23. The first-order chi connectivity index (χ1) is 15.1. The molecule has 7 nitrogen and oxygen atoms in total. The molecule has 1 aromatic heterocycles. The van der Waals surface area contributed by atoms with E-state index in [2.05, 4.69) is 11.0 Å². The number of ether oxygens (including phenoxy) is 2. The summed E-state index contributed by atoms with van der Waals surface area (Å²) in [5, 5.41) is 4.73. The van der Waals surface area contributed by atoms with E-state index in [-0.39, 0.29) is 5.56 Å². The van der Waals surface area contributed by atoms with Gasteiger partial charge in [-0.2, -0.15) is 9.78 Å². The number of hydrogen-bond donors (Lipinski definition) is 0. The number of benzene rings is 2. The normalized spacial score (nSPS) is 13.8. The van der Waals surface area contributed by atoms with Gasteiger partial charge in [0.05, 0.1) is 31.7 Å². The smallest absolute Gasteiger partial charge is 0.295 e. The third-order valence-electron chi connectivity index (χ3n) is 5.59. The van der Waals surface area contributed by atoms with Crippen LogP contribution in [0.15, 0.2) is 59.4 Å². The van der Waals surface area contributed by atoms with Gasteiger partial charge in [-0.25, -0.2) is 0 Å². The van der Waals surface area contributed by atoms with Crippen molar-refractivity contribution in [3.05, 3.63) is 65.0 Å². The number of rotatable bonds is 6. The standard InChI is InChI=1S/C24H28N4O3/c1-4-26(2)23-17-22(18-7-5-10-21(15-18)30-3)25-28(24(23)29)20-9-6-8-19(16-20)27-11-13-31-14-12-27/h5-10,15-17H,4,11-14H2,1-3H3. The molecule has 4 rings (SSSR count). The molecule has 0 N–H and O–H groups in total. The van der Waals surface area contributed by atoms with E-state index in [9.17, 15) is 4.79 Å². The zero-order valence-corrected chi connectivity index (χ0v) is 18.2. The fourth-order valence-electron chi connectivity index (χ4n) is 3.67. The van der Waals surface area contributed by atoms with Crippen LogP contribution in [0.1, 0.15) is 6.92 Å². The number of methoxy groups -OCH3 is 1. The molecule has 0 amide bonds. The summed E-state index contributed by atoms with van der Waals surface area (Å²) in [6.07, 6.45) is 0. The third kappa shape index (κ3) is 4.41. The molecule has 1 saturated heterocycles. The lowest BCUT2D eigenvalue weighted by Gasteiger charge is -2.29. The van der Waals surface area contributed by atoms with E-state index in [4.69, 9.17) is 14.6 Å². The van der Waals surface area contributed by atoms with Crippen LogP contribution in [0.3, 0.4) is 0 Å². The molecule has 3 aromatic rings. The van der Waals surface area contributed by atoms with Gasteiger partial charge in [0, 0.05) is 37.9 Å². The van der Waals surface area contributed by atoms with Crippen molar-refractivity contribution in [2.75, 3.05) is 56.8 Å². The molecule has 2 heterocycles. The summed E-state index contributed by atoms with van der Waals surface area (Å²) in [7, 11) is 3.56. The minimum absolute atomic E-state index is 0.143. The van der Waals surface area contributed by atoms with Crippen molar-refractivity contribution in [2.24, 2.45) is 0 Å². The fraction of sp³-hybridized carbons (Fsp3) is 0.333. The van der Waals surface area contributed by atoms with Gasteiger partial charge >= 0.3 is 0 Å². The molecular weight excluding hydrogens is 392 g/mol. The van der Waals surface area contributed by atoms with Gasteiger partial charge < -0.3 is 19.3 Å². The summed E-state index contributed by atoms with van der Waals surface area (Å²) in [6.45, 7) is 5.82. The van der Waals surface area contributed by atoms with E-state index in [1.807, 2.05) is 67.4 Å². The van der Waals surface area contributed by atoms with E-state index in [1.54, 1.807) is 7.11 Å². The molecule has 0 bridgehead atoms. The molecule has 1 aliphatic rings.